The van der Waals surface area contributed by atoms with Crippen LogP contribution in [-0.2, 0) is 0 Å². The summed E-state index contributed by atoms with van der Waals surface area (Å²) >= 11 is 0. The van der Waals surface area contributed by atoms with E-state index in [0.29, 0.717) is 5.69 Å². The van der Waals surface area contributed by atoms with Gasteiger partial charge in [-0.3, -0.25) is 4.79 Å². The summed E-state index contributed by atoms with van der Waals surface area (Å²) in [5.41, 5.74) is 3.38. The van der Waals surface area contributed by atoms with Crippen molar-refractivity contribution in [3.8, 4) is 17.3 Å². The van der Waals surface area contributed by atoms with Crippen LogP contribution in [-0.4, -0.2) is 10.2 Å². The highest BCUT2D eigenvalue weighted by atomic mass is 16.1. The predicted molar refractivity (Wildman–Crippen MR) is 64.5 cm³/mol. The van der Waals surface area contributed by atoms with Gasteiger partial charge in [0.1, 0.15) is 11.6 Å². The molecule has 0 amide bonds. The molecule has 17 heavy (non-hydrogen) atoms. The summed E-state index contributed by atoms with van der Waals surface area (Å²) in [6.45, 7) is 3.99. The largest absolute Gasteiger partial charge is 0.282 e. The van der Waals surface area contributed by atoms with Crippen LogP contribution in [0.4, 0.5) is 0 Å². The quantitative estimate of drug-likeness (QED) is 0.806. The second-order valence-corrected chi connectivity index (χ2v) is 3.93. The maximum Gasteiger partial charge on any atom is 0.282 e. The minimum atomic E-state index is -0.457. The van der Waals surface area contributed by atoms with E-state index in [1.165, 1.54) is 6.07 Å². The van der Waals surface area contributed by atoms with Crippen molar-refractivity contribution in [2.24, 2.45) is 0 Å². The van der Waals surface area contributed by atoms with Crippen molar-refractivity contribution in [2.45, 2.75) is 13.8 Å². The number of nitriles is 1. The molecule has 0 bridgehead atoms. The lowest BCUT2D eigenvalue weighted by Gasteiger charge is -2.05. The van der Waals surface area contributed by atoms with Gasteiger partial charge in [-0.1, -0.05) is 23.8 Å². The van der Waals surface area contributed by atoms with Gasteiger partial charge in [0.2, 0.25) is 0 Å². The Morgan fingerprint density at radius 1 is 1.29 bits per heavy atom. The summed E-state index contributed by atoms with van der Waals surface area (Å²) in [6, 6.07) is 9.31. The molecule has 0 unspecified atom stereocenters. The molecule has 0 fully saturated rings. The number of hydrogen-bond donors (Lipinski definition) is 1. The lowest BCUT2D eigenvalue weighted by molar-refractivity contribution is 0.986. The van der Waals surface area contributed by atoms with Crippen molar-refractivity contribution < 1.29 is 0 Å². The molecule has 1 heterocycles. The normalized spacial score (nSPS) is 9.94. The maximum absolute atomic E-state index is 11.2. The van der Waals surface area contributed by atoms with Crippen LogP contribution in [0.3, 0.4) is 0 Å². The van der Waals surface area contributed by atoms with Gasteiger partial charge in [-0.2, -0.15) is 10.4 Å². The fraction of sp³-hybridized carbons (Fsp3) is 0.154. The summed E-state index contributed by atoms with van der Waals surface area (Å²) < 4.78 is 0. The minimum Gasteiger partial charge on any atom is -0.267 e. The van der Waals surface area contributed by atoms with Crippen molar-refractivity contribution in [2.75, 3.05) is 0 Å². The molecule has 1 N–H and O–H groups in total. The third-order valence-corrected chi connectivity index (χ3v) is 2.58. The van der Waals surface area contributed by atoms with Gasteiger partial charge in [0.25, 0.3) is 5.56 Å². The standard InChI is InChI=1S/C13H11N3O/c1-8-3-4-11(9(2)5-8)12-6-10(7-14)13(17)16-15-12/h3-6H,1-2H3,(H,16,17). The van der Waals surface area contributed by atoms with E-state index < -0.39 is 5.56 Å². The molecule has 0 spiro atoms. The highest BCUT2D eigenvalue weighted by Gasteiger charge is 2.07. The number of nitrogens with zero attached hydrogens (tertiary/aromatic N) is 2. The Morgan fingerprint density at radius 2 is 2.06 bits per heavy atom. The molecule has 0 aliphatic rings. The predicted octanol–water partition coefficient (Wildman–Crippen LogP) is 1.93. The van der Waals surface area contributed by atoms with E-state index in [9.17, 15) is 4.79 Å². The Balaban J connectivity index is 2.62. The first kappa shape index (κ1) is 11.1. The van der Waals surface area contributed by atoms with E-state index in [-0.39, 0.29) is 5.56 Å². The van der Waals surface area contributed by atoms with Crippen LogP contribution < -0.4 is 5.56 Å². The van der Waals surface area contributed by atoms with E-state index >= 15 is 0 Å². The fourth-order valence-electron chi connectivity index (χ4n) is 1.73. The molecule has 0 saturated carbocycles. The molecule has 0 aliphatic heterocycles. The average Bonchev–Trinajstić information content (AvgIpc) is 2.30. The van der Waals surface area contributed by atoms with Crippen LogP contribution in [0.1, 0.15) is 16.7 Å². The first-order valence-electron chi connectivity index (χ1n) is 5.19. The molecule has 0 radical (unpaired) electrons. The second-order valence-electron chi connectivity index (χ2n) is 3.93. The zero-order valence-electron chi connectivity index (χ0n) is 9.61. The molecule has 4 heteroatoms. The van der Waals surface area contributed by atoms with Crippen LogP contribution in [0.25, 0.3) is 11.3 Å². The van der Waals surface area contributed by atoms with Crippen molar-refractivity contribution in [1.29, 1.82) is 5.26 Å². The molecule has 0 aliphatic carbocycles. The minimum absolute atomic E-state index is 0.0787. The van der Waals surface area contributed by atoms with E-state index in [4.69, 9.17) is 5.26 Å². The van der Waals surface area contributed by atoms with E-state index in [0.717, 1.165) is 16.7 Å². The zero-order chi connectivity index (χ0) is 12.4. The Morgan fingerprint density at radius 3 is 2.71 bits per heavy atom. The van der Waals surface area contributed by atoms with Gasteiger partial charge in [-0.25, -0.2) is 5.10 Å². The average molecular weight is 225 g/mol. The molecule has 0 saturated heterocycles. The Bertz CT molecular complexity index is 665. The Kier molecular flexibility index (Phi) is 2.75. The molecule has 84 valence electrons. The molecule has 2 rings (SSSR count). The molecular formula is C13H11N3O. The zero-order valence-corrected chi connectivity index (χ0v) is 9.61. The van der Waals surface area contributed by atoms with Gasteiger partial charge >= 0.3 is 0 Å². The van der Waals surface area contributed by atoms with Crippen LogP contribution in [0.5, 0.6) is 0 Å². The van der Waals surface area contributed by atoms with Gasteiger partial charge in [0.15, 0.2) is 0 Å². The topological polar surface area (TPSA) is 69.5 Å². The lowest BCUT2D eigenvalue weighted by Crippen LogP contribution is -2.12. The summed E-state index contributed by atoms with van der Waals surface area (Å²) in [5.74, 6) is 0. The monoisotopic (exact) mass is 225 g/mol. The molecule has 1 aromatic carbocycles. The maximum atomic E-state index is 11.2. The Labute approximate surface area is 98.5 Å². The van der Waals surface area contributed by atoms with Crippen molar-refractivity contribution in [1.82, 2.24) is 10.2 Å². The number of benzene rings is 1. The lowest BCUT2D eigenvalue weighted by atomic mass is 10.0. The summed E-state index contributed by atoms with van der Waals surface area (Å²) in [7, 11) is 0. The second kappa shape index (κ2) is 4.22. The van der Waals surface area contributed by atoms with Crippen molar-refractivity contribution >= 4 is 0 Å². The highest BCUT2D eigenvalue weighted by Crippen LogP contribution is 2.21. The number of aromatic amines is 1. The molecule has 2 aromatic rings. The van der Waals surface area contributed by atoms with Gasteiger partial charge in [0.05, 0.1) is 5.69 Å². The van der Waals surface area contributed by atoms with Crippen LogP contribution in [0, 0.1) is 25.2 Å². The van der Waals surface area contributed by atoms with Crippen LogP contribution in [0.15, 0.2) is 29.1 Å². The Hall–Kier alpha value is -2.41. The molecule has 0 atom stereocenters. The number of H-pyrrole nitrogens is 1. The van der Waals surface area contributed by atoms with Crippen LogP contribution >= 0.6 is 0 Å². The van der Waals surface area contributed by atoms with E-state index in [2.05, 4.69) is 10.2 Å². The number of aryl methyl sites for hydroxylation is 2. The first-order valence-corrected chi connectivity index (χ1v) is 5.19. The fourth-order valence-corrected chi connectivity index (χ4v) is 1.73. The number of hydrogen-bond acceptors (Lipinski definition) is 3. The van der Waals surface area contributed by atoms with E-state index in [1.807, 2.05) is 38.1 Å². The summed E-state index contributed by atoms with van der Waals surface area (Å²) in [6.07, 6.45) is 0. The van der Waals surface area contributed by atoms with Gasteiger partial charge in [-0.05, 0) is 25.5 Å². The first-order chi connectivity index (χ1) is 8.11. The van der Waals surface area contributed by atoms with Gasteiger partial charge in [0, 0.05) is 5.56 Å². The third-order valence-electron chi connectivity index (χ3n) is 2.58. The molecule has 1 aromatic heterocycles. The van der Waals surface area contributed by atoms with Gasteiger partial charge < -0.3 is 0 Å². The van der Waals surface area contributed by atoms with Crippen molar-refractivity contribution in [3.63, 3.8) is 0 Å². The van der Waals surface area contributed by atoms with Gasteiger partial charge in [-0.15, -0.1) is 0 Å². The number of nitrogens with one attached hydrogen (secondary N) is 1. The van der Waals surface area contributed by atoms with Crippen LogP contribution in [0.2, 0.25) is 0 Å². The third kappa shape index (κ3) is 2.08. The number of aromatic nitrogens is 2. The highest BCUT2D eigenvalue weighted by molar-refractivity contribution is 5.64. The summed E-state index contributed by atoms with van der Waals surface area (Å²) in [4.78, 5) is 11.2. The summed E-state index contributed by atoms with van der Waals surface area (Å²) in [5, 5.41) is 15.1. The SMILES string of the molecule is Cc1ccc(-c2cc(C#N)c(=O)[nH]n2)c(C)c1. The smallest absolute Gasteiger partial charge is 0.267 e. The van der Waals surface area contributed by atoms with E-state index in [1.54, 1.807) is 0 Å². The number of rotatable bonds is 1. The molecule has 4 nitrogen and oxygen atoms in total. The molecular weight excluding hydrogens is 214 g/mol. The van der Waals surface area contributed by atoms with Crippen molar-refractivity contribution in [3.05, 3.63) is 51.3 Å².